The number of hydrogen-bond donors (Lipinski definition) is 1. The molecule has 0 bridgehead atoms. The van der Waals surface area contributed by atoms with E-state index in [1.807, 2.05) is 24.4 Å². The third-order valence-corrected chi connectivity index (χ3v) is 3.16. The van der Waals surface area contributed by atoms with E-state index in [1.54, 1.807) is 0 Å². The van der Waals surface area contributed by atoms with Crippen LogP contribution in [0.2, 0.25) is 0 Å². The Hall–Kier alpha value is -1.05. The smallest absolute Gasteiger partial charge is 0.126 e. The highest BCUT2D eigenvalue weighted by molar-refractivity contribution is 5.35. The van der Waals surface area contributed by atoms with Gasteiger partial charge >= 0.3 is 0 Å². The second kappa shape index (κ2) is 3.36. The first kappa shape index (κ1) is 8.54. The fourth-order valence-electron chi connectivity index (χ4n) is 1.86. The predicted molar refractivity (Wildman–Crippen MR) is 54.6 cm³/mol. The first-order valence-corrected chi connectivity index (χ1v) is 4.95. The second-order valence-corrected chi connectivity index (χ2v) is 4.04. The van der Waals surface area contributed by atoms with Crippen LogP contribution in [-0.4, -0.2) is 11.0 Å². The first-order chi connectivity index (χ1) is 6.27. The van der Waals surface area contributed by atoms with Gasteiger partial charge in [0, 0.05) is 12.2 Å². The quantitative estimate of drug-likeness (QED) is 0.749. The Morgan fingerprint density at radius 3 is 2.77 bits per heavy atom. The maximum absolute atomic E-state index is 4.25. The lowest BCUT2D eigenvalue weighted by Gasteiger charge is -2.41. The summed E-state index contributed by atoms with van der Waals surface area (Å²) in [7, 11) is 0. The minimum Gasteiger partial charge on any atom is -0.367 e. The molecule has 3 atom stereocenters. The Balaban J connectivity index is 1.93. The summed E-state index contributed by atoms with van der Waals surface area (Å²) in [6.07, 6.45) is 3.10. The maximum Gasteiger partial charge on any atom is 0.126 e. The van der Waals surface area contributed by atoms with Crippen molar-refractivity contribution in [1.82, 2.24) is 4.98 Å². The molecule has 1 N–H and O–H groups in total. The molecule has 2 heteroatoms. The summed E-state index contributed by atoms with van der Waals surface area (Å²) in [4.78, 5) is 4.25. The van der Waals surface area contributed by atoms with Gasteiger partial charge in [-0.3, -0.25) is 0 Å². The van der Waals surface area contributed by atoms with Crippen molar-refractivity contribution in [3.8, 4) is 0 Å². The van der Waals surface area contributed by atoms with E-state index in [9.17, 15) is 0 Å². The molecule has 0 aliphatic heterocycles. The zero-order chi connectivity index (χ0) is 9.26. The predicted octanol–water partition coefficient (Wildman–Crippen LogP) is 2.54. The van der Waals surface area contributed by atoms with E-state index in [2.05, 4.69) is 24.1 Å². The number of pyridine rings is 1. The zero-order valence-electron chi connectivity index (χ0n) is 8.20. The minimum absolute atomic E-state index is 0.630. The molecule has 0 aromatic carbocycles. The third kappa shape index (κ3) is 1.67. The largest absolute Gasteiger partial charge is 0.367 e. The standard InChI is InChI=1S/C11H16N2/c1-8-7-10(9(8)2)13-11-5-3-4-6-12-11/h3-6,8-10H,7H2,1-2H3,(H,12,13). The van der Waals surface area contributed by atoms with E-state index in [0.29, 0.717) is 6.04 Å². The van der Waals surface area contributed by atoms with Crippen molar-refractivity contribution in [3.05, 3.63) is 24.4 Å². The number of anilines is 1. The van der Waals surface area contributed by atoms with E-state index in [0.717, 1.165) is 17.7 Å². The molecule has 70 valence electrons. The van der Waals surface area contributed by atoms with Crippen LogP contribution in [-0.2, 0) is 0 Å². The third-order valence-electron chi connectivity index (χ3n) is 3.16. The molecule has 1 aromatic heterocycles. The zero-order valence-corrected chi connectivity index (χ0v) is 8.20. The van der Waals surface area contributed by atoms with Crippen molar-refractivity contribution in [3.63, 3.8) is 0 Å². The molecule has 1 fully saturated rings. The van der Waals surface area contributed by atoms with Gasteiger partial charge in [0.2, 0.25) is 0 Å². The van der Waals surface area contributed by atoms with Crippen LogP contribution >= 0.6 is 0 Å². The molecule has 13 heavy (non-hydrogen) atoms. The van der Waals surface area contributed by atoms with E-state index >= 15 is 0 Å². The number of rotatable bonds is 2. The second-order valence-electron chi connectivity index (χ2n) is 4.04. The van der Waals surface area contributed by atoms with Crippen LogP contribution in [0.25, 0.3) is 0 Å². The Kier molecular flexibility index (Phi) is 2.21. The first-order valence-electron chi connectivity index (χ1n) is 4.95. The molecule has 3 unspecified atom stereocenters. The SMILES string of the molecule is CC1CC(Nc2ccccn2)C1C. The molecule has 1 aliphatic rings. The summed E-state index contributed by atoms with van der Waals surface area (Å²) in [5.74, 6) is 2.65. The number of nitrogens with one attached hydrogen (secondary N) is 1. The lowest BCUT2D eigenvalue weighted by Crippen LogP contribution is -2.43. The number of hydrogen-bond acceptors (Lipinski definition) is 2. The van der Waals surface area contributed by atoms with E-state index in [-0.39, 0.29) is 0 Å². The molecule has 0 radical (unpaired) electrons. The summed E-state index contributed by atoms with van der Waals surface area (Å²) in [6, 6.07) is 6.61. The summed E-state index contributed by atoms with van der Waals surface area (Å²) < 4.78 is 0. The highest BCUT2D eigenvalue weighted by Crippen LogP contribution is 2.35. The van der Waals surface area contributed by atoms with Crippen molar-refractivity contribution in [2.24, 2.45) is 11.8 Å². The van der Waals surface area contributed by atoms with Crippen LogP contribution in [0.15, 0.2) is 24.4 Å². The van der Waals surface area contributed by atoms with E-state index in [4.69, 9.17) is 0 Å². The van der Waals surface area contributed by atoms with Gasteiger partial charge in [0.15, 0.2) is 0 Å². The highest BCUT2D eigenvalue weighted by Gasteiger charge is 2.34. The fourth-order valence-corrected chi connectivity index (χ4v) is 1.86. The van der Waals surface area contributed by atoms with Gasteiger partial charge in [-0.25, -0.2) is 4.98 Å². The van der Waals surface area contributed by atoms with Crippen LogP contribution in [0.5, 0.6) is 0 Å². The van der Waals surface area contributed by atoms with Crippen LogP contribution in [0.3, 0.4) is 0 Å². The van der Waals surface area contributed by atoms with Crippen LogP contribution in [0.1, 0.15) is 20.3 Å². The maximum atomic E-state index is 4.25. The van der Waals surface area contributed by atoms with Gasteiger partial charge in [-0.15, -0.1) is 0 Å². The average molecular weight is 176 g/mol. The van der Waals surface area contributed by atoms with Crippen LogP contribution in [0, 0.1) is 11.8 Å². The molecule has 0 saturated heterocycles. The molecule has 0 amide bonds. The Labute approximate surface area is 79.4 Å². The molecular weight excluding hydrogens is 160 g/mol. The van der Waals surface area contributed by atoms with Gasteiger partial charge in [-0.2, -0.15) is 0 Å². The molecule has 1 saturated carbocycles. The minimum atomic E-state index is 0.630. The lowest BCUT2D eigenvalue weighted by atomic mass is 9.71. The Bertz CT molecular complexity index is 271. The fraction of sp³-hybridized carbons (Fsp3) is 0.545. The Morgan fingerprint density at radius 2 is 2.23 bits per heavy atom. The highest BCUT2D eigenvalue weighted by atomic mass is 15.0. The summed E-state index contributed by atoms with van der Waals surface area (Å²) in [5.41, 5.74) is 0. The monoisotopic (exact) mass is 176 g/mol. The molecule has 1 heterocycles. The number of aromatic nitrogens is 1. The van der Waals surface area contributed by atoms with Crippen molar-refractivity contribution in [2.75, 3.05) is 5.32 Å². The molecule has 1 aliphatic carbocycles. The molecular formula is C11H16N2. The van der Waals surface area contributed by atoms with Crippen molar-refractivity contribution in [2.45, 2.75) is 26.3 Å². The van der Waals surface area contributed by atoms with Crippen LogP contribution < -0.4 is 5.32 Å². The molecule has 1 aromatic rings. The Morgan fingerprint density at radius 1 is 1.38 bits per heavy atom. The summed E-state index contributed by atoms with van der Waals surface area (Å²) in [5, 5.41) is 3.45. The normalized spacial score (nSPS) is 32.3. The summed E-state index contributed by atoms with van der Waals surface area (Å²) in [6.45, 7) is 4.61. The van der Waals surface area contributed by atoms with Crippen molar-refractivity contribution in [1.29, 1.82) is 0 Å². The van der Waals surface area contributed by atoms with E-state index < -0.39 is 0 Å². The van der Waals surface area contributed by atoms with Gasteiger partial charge < -0.3 is 5.32 Å². The van der Waals surface area contributed by atoms with Crippen LogP contribution in [0.4, 0.5) is 5.82 Å². The topological polar surface area (TPSA) is 24.9 Å². The van der Waals surface area contributed by atoms with Gasteiger partial charge in [-0.05, 0) is 30.4 Å². The average Bonchev–Trinajstić information content (AvgIpc) is 2.19. The van der Waals surface area contributed by atoms with Gasteiger partial charge in [0.1, 0.15) is 5.82 Å². The lowest BCUT2D eigenvalue weighted by molar-refractivity contribution is 0.188. The number of nitrogens with zero attached hydrogens (tertiary/aromatic N) is 1. The molecule has 2 rings (SSSR count). The van der Waals surface area contributed by atoms with Crippen molar-refractivity contribution < 1.29 is 0 Å². The summed E-state index contributed by atoms with van der Waals surface area (Å²) >= 11 is 0. The van der Waals surface area contributed by atoms with Gasteiger partial charge in [-0.1, -0.05) is 19.9 Å². The van der Waals surface area contributed by atoms with Crippen molar-refractivity contribution >= 4 is 5.82 Å². The van der Waals surface area contributed by atoms with Gasteiger partial charge in [0.05, 0.1) is 0 Å². The molecule has 0 spiro atoms. The van der Waals surface area contributed by atoms with E-state index in [1.165, 1.54) is 6.42 Å². The molecule has 2 nitrogen and oxygen atoms in total. The van der Waals surface area contributed by atoms with Gasteiger partial charge in [0.25, 0.3) is 0 Å².